The van der Waals surface area contributed by atoms with Gasteiger partial charge in [0.05, 0.1) is 11.6 Å². The first-order valence-electron chi connectivity index (χ1n) is 7.85. The second-order valence-corrected chi connectivity index (χ2v) is 5.37. The van der Waals surface area contributed by atoms with E-state index in [-0.39, 0.29) is 0 Å². The highest BCUT2D eigenvalue weighted by molar-refractivity contribution is 5.91. The molecule has 1 unspecified atom stereocenters. The van der Waals surface area contributed by atoms with Crippen molar-refractivity contribution >= 4 is 11.7 Å². The number of ether oxygens (including phenoxy) is 1. The molecule has 3 aromatic rings. The molecule has 0 fully saturated rings. The van der Waals surface area contributed by atoms with Crippen LogP contribution in [0.5, 0.6) is 5.75 Å². The molecule has 0 saturated carbocycles. The number of carbonyl (C=O) groups is 1. The average molecular weight is 328 g/mol. The zero-order valence-electron chi connectivity index (χ0n) is 13.4. The van der Waals surface area contributed by atoms with Gasteiger partial charge in [0, 0.05) is 11.3 Å². The highest BCUT2D eigenvalue weighted by atomic mass is 16.5. The highest BCUT2D eigenvalue weighted by Gasteiger charge is 2.18. The van der Waals surface area contributed by atoms with Crippen molar-refractivity contribution in [1.82, 2.24) is 0 Å². The van der Waals surface area contributed by atoms with Crippen molar-refractivity contribution in [1.29, 1.82) is 5.26 Å². The monoisotopic (exact) mass is 328 g/mol. The predicted octanol–water partition coefficient (Wildman–Crippen LogP) is 4.58. The van der Waals surface area contributed by atoms with Crippen LogP contribution < -0.4 is 10.1 Å². The molecular weight excluding hydrogens is 312 g/mol. The Morgan fingerprint density at radius 2 is 1.48 bits per heavy atom. The van der Waals surface area contributed by atoms with E-state index in [1.165, 1.54) is 0 Å². The summed E-state index contributed by atoms with van der Waals surface area (Å²) < 4.78 is 5.52. The van der Waals surface area contributed by atoms with E-state index in [1.807, 2.05) is 42.5 Å². The lowest BCUT2D eigenvalue weighted by Gasteiger charge is -2.16. The lowest BCUT2D eigenvalue weighted by Crippen LogP contribution is -2.14. The summed E-state index contributed by atoms with van der Waals surface area (Å²) in [6.45, 7) is 0. The molecular formula is C21H16N2O2. The van der Waals surface area contributed by atoms with Gasteiger partial charge in [-0.1, -0.05) is 54.6 Å². The molecule has 122 valence electrons. The molecule has 1 atom stereocenters. The summed E-state index contributed by atoms with van der Waals surface area (Å²) in [5.41, 5.74) is 1.89. The van der Waals surface area contributed by atoms with E-state index >= 15 is 0 Å². The van der Waals surface area contributed by atoms with Crippen molar-refractivity contribution in [3.05, 3.63) is 96.1 Å². The number of nitrogens with zero attached hydrogens (tertiary/aromatic N) is 1. The Bertz CT molecular complexity index is 887. The molecule has 0 heterocycles. The van der Waals surface area contributed by atoms with E-state index in [9.17, 15) is 10.1 Å². The molecule has 3 rings (SSSR count). The SMILES string of the molecule is N#CC(Nc1ccccc1)c1ccccc1OC(=O)c1ccccc1. The fraction of sp³-hybridized carbons (Fsp3) is 0.0476. The number of hydrogen-bond acceptors (Lipinski definition) is 4. The van der Waals surface area contributed by atoms with Crippen molar-refractivity contribution in [3.63, 3.8) is 0 Å². The molecule has 0 radical (unpaired) electrons. The van der Waals surface area contributed by atoms with Crippen LogP contribution >= 0.6 is 0 Å². The molecule has 25 heavy (non-hydrogen) atoms. The fourth-order valence-electron chi connectivity index (χ4n) is 2.43. The van der Waals surface area contributed by atoms with Gasteiger partial charge in [0.25, 0.3) is 0 Å². The van der Waals surface area contributed by atoms with Crippen LogP contribution in [0.2, 0.25) is 0 Å². The van der Waals surface area contributed by atoms with Crippen LogP contribution in [-0.4, -0.2) is 5.97 Å². The van der Waals surface area contributed by atoms with Crippen molar-refractivity contribution in [3.8, 4) is 11.8 Å². The van der Waals surface area contributed by atoms with Crippen molar-refractivity contribution in [2.75, 3.05) is 5.32 Å². The van der Waals surface area contributed by atoms with Gasteiger partial charge < -0.3 is 10.1 Å². The third-order valence-corrected chi connectivity index (χ3v) is 3.66. The van der Waals surface area contributed by atoms with Gasteiger partial charge in [-0.05, 0) is 30.3 Å². The van der Waals surface area contributed by atoms with Crippen molar-refractivity contribution in [2.45, 2.75) is 6.04 Å². The van der Waals surface area contributed by atoms with E-state index in [1.54, 1.807) is 42.5 Å². The first-order valence-corrected chi connectivity index (χ1v) is 7.85. The molecule has 0 amide bonds. The molecule has 0 saturated heterocycles. The molecule has 0 aliphatic rings. The van der Waals surface area contributed by atoms with E-state index in [4.69, 9.17) is 4.74 Å². The van der Waals surface area contributed by atoms with Gasteiger partial charge in [0.1, 0.15) is 11.8 Å². The van der Waals surface area contributed by atoms with Crippen LogP contribution in [0.1, 0.15) is 22.0 Å². The third-order valence-electron chi connectivity index (χ3n) is 3.66. The number of esters is 1. The number of hydrogen-bond donors (Lipinski definition) is 1. The summed E-state index contributed by atoms with van der Waals surface area (Å²) in [6.07, 6.45) is 0. The largest absolute Gasteiger partial charge is 0.423 e. The minimum absolute atomic E-state index is 0.367. The molecule has 4 heteroatoms. The number of nitriles is 1. The molecule has 0 aliphatic heterocycles. The molecule has 0 aromatic heterocycles. The topological polar surface area (TPSA) is 62.1 Å². The summed E-state index contributed by atoms with van der Waals surface area (Å²) in [7, 11) is 0. The Balaban J connectivity index is 1.85. The van der Waals surface area contributed by atoms with Gasteiger partial charge in [0.15, 0.2) is 0 Å². The molecule has 0 spiro atoms. The Morgan fingerprint density at radius 3 is 2.16 bits per heavy atom. The number of anilines is 1. The smallest absolute Gasteiger partial charge is 0.343 e. The Kier molecular flexibility index (Phi) is 5.08. The van der Waals surface area contributed by atoms with E-state index in [0.717, 1.165) is 5.69 Å². The Hall–Kier alpha value is -3.58. The second-order valence-electron chi connectivity index (χ2n) is 5.37. The maximum absolute atomic E-state index is 12.3. The van der Waals surface area contributed by atoms with Gasteiger partial charge in [-0.2, -0.15) is 5.26 Å². The Morgan fingerprint density at radius 1 is 0.880 bits per heavy atom. The zero-order chi connectivity index (χ0) is 17.5. The number of nitrogens with one attached hydrogen (secondary N) is 1. The van der Waals surface area contributed by atoms with E-state index < -0.39 is 12.0 Å². The van der Waals surface area contributed by atoms with Crippen LogP contribution in [0.4, 0.5) is 5.69 Å². The van der Waals surface area contributed by atoms with Gasteiger partial charge in [-0.3, -0.25) is 0 Å². The molecule has 1 N–H and O–H groups in total. The zero-order valence-corrected chi connectivity index (χ0v) is 13.4. The van der Waals surface area contributed by atoms with Crippen molar-refractivity contribution < 1.29 is 9.53 Å². The van der Waals surface area contributed by atoms with Gasteiger partial charge in [-0.15, -0.1) is 0 Å². The lowest BCUT2D eigenvalue weighted by molar-refractivity contribution is 0.0733. The highest BCUT2D eigenvalue weighted by Crippen LogP contribution is 2.28. The summed E-state index contributed by atoms with van der Waals surface area (Å²) in [6, 6.07) is 26.8. The number of benzene rings is 3. The lowest BCUT2D eigenvalue weighted by atomic mass is 10.1. The molecule has 3 aromatic carbocycles. The van der Waals surface area contributed by atoms with Crippen LogP contribution in [0.15, 0.2) is 84.9 Å². The minimum Gasteiger partial charge on any atom is -0.423 e. The minimum atomic E-state index is -0.637. The number of rotatable bonds is 5. The van der Waals surface area contributed by atoms with Gasteiger partial charge in [-0.25, -0.2) is 4.79 Å². The average Bonchev–Trinajstić information content (AvgIpc) is 2.68. The van der Waals surface area contributed by atoms with Gasteiger partial charge in [0.2, 0.25) is 0 Å². The second kappa shape index (κ2) is 7.80. The quantitative estimate of drug-likeness (QED) is 0.550. The summed E-state index contributed by atoms with van der Waals surface area (Å²) >= 11 is 0. The number of para-hydroxylation sites is 2. The third kappa shape index (κ3) is 4.04. The van der Waals surface area contributed by atoms with E-state index in [0.29, 0.717) is 16.9 Å². The fourth-order valence-corrected chi connectivity index (χ4v) is 2.43. The summed E-state index contributed by atoms with van der Waals surface area (Å²) in [5.74, 6) is -0.0872. The van der Waals surface area contributed by atoms with E-state index in [2.05, 4.69) is 11.4 Å². The maximum Gasteiger partial charge on any atom is 0.343 e. The predicted molar refractivity (Wildman–Crippen MR) is 96.3 cm³/mol. The van der Waals surface area contributed by atoms with Crippen LogP contribution in [0.3, 0.4) is 0 Å². The summed E-state index contributed by atoms with van der Waals surface area (Å²) in [4.78, 5) is 12.3. The normalized spacial score (nSPS) is 11.2. The Labute approximate surface area is 146 Å². The molecule has 0 aliphatic carbocycles. The number of carbonyl (C=O) groups excluding carboxylic acids is 1. The summed E-state index contributed by atoms with van der Waals surface area (Å²) in [5, 5.41) is 12.7. The van der Waals surface area contributed by atoms with Crippen LogP contribution in [-0.2, 0) is 0 Å². The first kappa shape index (κ1) is 16.3. The maximum atomic E-state index is 12.3. The van der Waals surface area contributed by atoms with Crippen LogP contribution in [0, 0.1) is 11.3 Å². The molecule has 0 bridgehead atoms. The standard InChI is InChI=1S/C21H16N2O2/c22-15-19(23-17-11-5-2-6-12-17)18-13-7-8-14-20(18)25-21(24)16-9-3-1-4-10-16/h1-14,19,23H. The van der Waals surface area contributed by atoms with Gasteiger partial charge >= 0.3 is 5.97 Å². The molecule has 4 nitrogen and oxygen atoms in total. The van der Waals surface area contributed by atoms with Crippen molar-refractivity contribution in [2.24, 2.45) is 0 Å². The van der Waals surface area contributed by atoms with Crippen LogP contribution in [0.25, 0.3) is 0 Å². The first-order chi connectivity index (χ1) is 12.3.